The quantitative estimate of drug-likeness (QED) is 0.632. The third-order valence-corrected chi connectivity index (χ3v) is 7.28. The van der Waals surface area contributed by atoms with E-state index in [9.17, 15) is 13.2 Å². The van der Waals surface area contributed by atoms with Crippen molar-refractivity contribution in [1.82, 2.24) is 9.78 Å². The number of aryl methyl sites for hydroxylation is 5. The van der Waals surface area contributed by atoms with Gasteiger partial charge in [0, 0.05) is 12.7 Å². The SMILES string of the molecule is Cc1ccc(N(CC(=O)Nc2ccc(C)cc2C)S(=O)(=O)c2c(C)nn(C)c2C)cc1. The van der Waals surface area contributed by atoms with Gasteiger partial charge in [-0.3, -0.25) is 13.8 Å². The van der Waals surface area contributed by atoms with Crippen LogP contribution in [0, 0.1) is 34.6 Å². The van der Waals surface area contributed by atoms with Crippen LogP contribution in [0.1, 0.15) is 28.1 Å². The second kappa shape index (κ2) is 8.55. The van der Waals surface area contributed by atoms with E-state index in [1.54, 1.807) is 33.0 Å². The van der Waals surface area contributed by atoms with Crippen molar-refractivity contribution in [3.63, 3.8) is 0 Å². The average Bonchev–Trinajstić information content (AvgIpc) is 2.95. The third-order valence-electron chi connectivity index (χ3n) is 5.26. The molecule has 0 bridgehead atoms. The van der Waals surface area contributed by atoms with E-state index in [1.165, 1.54) is 4.68 Å². The molecule has 0 atom stereocenters. The number of nitrogens with zero attached hydrogens (tertiary/aromatic N) is 3. The number of carbonyl (C=O) groups excluding carboxylic acids is 1. The first-order valence-corrected chi connectivity index (χ1v) is 11.4. The lowest BCUT2D eigenvalue weighted by atomic mass is 10.1. The molecule has 0 aliphatic rings. The number of benzene rings is 2. The standard InChI is InChI=1S/C23H28N4O3S/c1-15-7-10-20(11-8-15)27(31(29,30)23-18(4)25-26(6)19(23)5)14-22(28)24-21-12-9-16(2)13-17(21)3/h7-13H,14H2,1-6H3,(H,24,28). The summed E-state index contributed by atoms with van der Waals surface area (Å²) in [5.41, 5.74) is 4.99. The van der Waals surface area contributed by atoms with Crippen molar-refractivity contribution in [1.29, 1.82) is 0 Å². The predicted molar refractivity (Wildman–Crippen MR) is 123 cm³/mol. The molecule has 0 radical (unpaired) electrons. The molecule has 1 aromatic heterocycles. The van der Waals surface area contributed by atoms with Crippen LogP contribution in [-0.4, -0.2) is 30.7 Å². The molecule has 0 aliphatic heterocycles. The summed E-state index contributed by atoms with van der Waals surface area (Å²) in [4.78, 5) is 13.0. The Bertz CT molecular complexity index is 1230. The fraction of sp³-hybridized carbons (Fsp3) is 0.304. The Balaban J connectivity index is 2.01. The third kappa shape index (κ3) is 4.64. The van der Waals surface area contributed by atoms with Gasteiger partial charge in [-0.1, -0.05) is 35.4 Å². The fourth-order valence-electron chi connectivity index (χ4n) is 3.54. The van der Waals surface area contributed by atoms with Gasteiger partial charge in [0.2, 0.25) is 5.91 Å². The number of rotatable bonds is 6. The zero-order chi connectivity index (χ0) is 22.9. The van der Waals surface area contributed by atoms with Crippen LogP contribution in [-0.2, 0) is 21.9 Å². The number of anilines is 2. The lowest BCUT2D eigenvalue weighted by Crippen LogP contribution is -2.38. The van der Waals surface area contributed by atoms with Gasteiger partial charge in [-0.05, 0) is 58.4 Å². The fourth-order valence-corrected chi connectivity index (χ4v) is 5.36. The summed E-state index contributed by atoms with van der Waals surface area (Å²) in [5, 5.41) is 7.09. The van der Waals surface area contributed by atoms with Crippen LogP contribution in [0.4, 0.5) is 11.4 Å². The number of hydrogen-bond donors (Lipinski definition) is 1. The van der Waals surface area contributed by atoms with Crippen molar-refractivity contribution in [2.75, 3.05) is 16.2 Å². The van der Waals surface area contributed by atoms with Crippen LogP contribution in [0.15, 0.2) is 47.4 Å². The number of aromatic nitrogens is 2. The minimum absolute atomic E-state index is 0.120. The molecule has 0 fully saturated rings. The Morgan fingerprint density at radius 3 is 2.16 bits per heavy atom. The Kier molecular flexibility index (Phi) is 6.22. The van der Waals surface area contributed by atoms with Crippen molar-refractivity contribution in [2.24, 2.45) is 7.05 Å². The molecule has 0 saturated carbocycles. The first kappa shape index (κ1) is 22.6. The second-order valence-electron chi connectivity index (χ2n) is 7.84. The van der Waals surface area contributed by atoms with Gasteiger partial charge in [0.25, 0.3) is 10.0 Å². The molecule has 1 N–H and O–H groups in total. The molecule has 0 unspecified atom stereocenters. The van der Waals surface area contributed by atoms with E-state index in [1.807, 2.05) is 51.1 Å². The van der Waals surface area contributed by atoms with Gasteiger partial charge in [-0.25, -0.2) is 8.42 Å². The molecule has 164 valence electrons. The zero-order valence-corrected chi connectivity index (χ0v) is 19.5. The molecular weight excluding hydrogens is 412 g/mol. The number of sulfonamides is 1. The first-order valence-electron chi connectivity index (χ1n) is 9.97. The van der Waals surface area contributed by atoms with Crippen LogP contribution in [0.5, 0.6) is 0 Å². The van der Waals surface area contributed by atoms with Crippen molar-refractivity contribution in [2.45, 2.75) is 39.5 Å². The van der Waals surface area contributed by atoms with Gasteiger partial charge >= 0.3 is 0 Å². The molecule has 1 heterocycles. The highest BCUT2D eigenvalue weighted by molar-refractivity contribution is 7.93. The highest BCUT2D eigenvalue weighted by Crippen LogP contribution is 2.28. The van der Waals surface area contributed by atoms with Gasteiger partial charge in [0.15, 0.2) is 0 Å². The molecule has 31 heavy (non-hydrogen) atoms. The van der Waals surface area contributed by atoms with E-state index in [0.717, 1.165) is 21.0 Å². The van der Waals surface area contributed by atoms with E-state index >= 15 is 0 Å². The van der Waals surface area contributed by atoms with Crippen LogP contribution < -0.4 is 9.62 Å². The summed E-state index contributed by atoms with van der Waals surface area (Å²) in [7, 11) is -2.32. The Hall–Kier alpha value is -3.13. The Labute approximate surface area is 183 Å². The number of amides is 1. The van der Waals surface area contributed by atoms with Crippen LogP contribution in [0.25, 0.3) is 0 Å². The van der Waals surface area contributed by atoms with Gasteiger partial charge in [0.05, 0.1) is 17.1 Å². The maximum absolute atomic E-state index is 13.7. The normalized spacial score (nSPS) is 11.4. The summed E-state index contributed by atoms with van der Waals surface area (Å²) < 4.78 is 30.0. The summed E-state index contributed by atoms with van der Waals surface area (Å²) >= 11 is 0. The minimum Gasteiger partial charge on any atom is -0.324 e. The lowest BCUT2D eigenvalue weighted by molar-refractivity contribution is -0.114. The van der Waals surface area contributed by atoms with Crippen LogP contribution in [0.3, 0.4) is 0 Å². The van der Waals surface area contributed by atoms with E-state index in [-0.39, 0.29) is 11.4 Å². The average molecular weight is 441 g/mol. The highest BCUT2D eigenvalue weighted by atomic mass is 32.2. The molecule has 1 amide bonds. The molecule has 8 heteroatoms. The summed E-state index contributed by atoms with van der Waals surface area (Å²) in [5.74, 6) is -0.421. The van der Waals surface area contributed by atoms with Crippen molar-refractivity contribution in [3.8, 4) is 0 Å². The molecule has 7 nitrogen and oxygen atoms in total. The van der Waals surface area contributed by atoms with Crippen LogP contribution >= 0.6 is 0 Å². The van der Waals surface area contributed by atoms with E-state index in [2.05, 4.69) is 10.4 Å². The van der Waals surface area contributed by atoms with Gasteiger partial charge in [0.1, 0.15) is 11.4 Å². The summed E-state index contributed by atoms with van der Waals surface area (Å²) in [6.45, 7) is 8.80. The molecular formula is C23H28N4O3S. The van der Waals surface area contributed by atoms with Crippen molar-refractivity contribution >= 4 is 27.3 Å². The number of nitrogens with one attached hydrogen (secondary N) is 1. The van der Waals surface area contributed by atoms with Gasteiger partial charge in [-0.15, -0.1) is 0 Å². The summed E-state index contributed by atoms with van der Waals surface area (Å²) in [6.07, 6.45) is 0. The predicted octanol–water partition coefficient (Wildman–Crippen LogP) is 3.80. The largest absolute Gasteiger partial charge is 0.324 e. The molecule has 0 aliphatic carbocycles. The second-order valence-corrected chi connectivity index (χ2v) is 9.64. The van der Waals surface area contributed by atoms with E-state index in [4.69, 9.17) is 0 Å². The van der Waals surface area contributed by atoms with E-state index < -0.39 is 15.9 Å². The molecule has 2 aromatic carbocycles. The van der Waals surface area contributed by atoms with Gasteiger partial charge < -0.3 is 5.32 Å². The topological polar surface area (TPSA) is 84.3 Å². The Morgan fingerprint density at radius 2 is 1.61 bits per heavy atom. The highest BCUT2D eigenvalue weighted by Gasteiger charge is 2.32. The molecule has 3 rings (SSSR count). The van der Waals surface area contributed by atoms with Crippen molar-refractivity contribution < 1.29 is 13.2 Å². The Morgan fingerprint density at radius 1 is 1.00 bits per heavy atom. The van der Waals surface area contributed by atoms with Crippen LogP contribution in [0.2, 0.25) is 0 Å². The lowest BCUT2D eigenvalue weighted by Gasteiger charge is -2.24. The van der Waals surface area contributed by atoms with Crippen molar-refractivity contribution in [3.05, 3.63) is 70.5 Å². The first-order chi connectivity index (χ1) is 14.5. The van der Waals surface area contributed by atoms with E-state index in [0.29, 0.717) is 22.8 Å². The number of carbonyl (C=O) groups is 1. The smallest absolute Gasteiger partial charge is 0.268 e. The zero-order valence-electron chi connectivity index (χ0n) is 18.7. The molecule has 3 aromatic rings. The molecule has 0 saturated heterocycles. The summed E-state index contributed by atoms with van der Waals surface area (Å²) in [6, 6.07) is 12.7. The molecule has 0 spiro atoms. The maximum Gasteiger partial charge on any atom is 0.268 e. The monoisotopic (exact) mass is 440 g/mol. The van der Waals surface area contributed by atoms with Gasteiger partial charge in [-0.2, -0.15) is 5.10 Å². The minimum atomic E-state index is -4.02. The number of hydrogen-bond acceptors (Lipinski definition) is 4. The maximum atomic E-state index is 13.7.